The summed E-state index contributed by atoms with van der Waals surface area (Å²) in [5.41, 5.74) is 1.16. The molecule has 212 valence electrons. The van der Waals surface area contributed by atoms with Crippen molar-refractivity contribution in [2.75, 3.05) is 0 Å². The third-order valence-electron chi connectivity index (χ3n) is 5.17. The molecule has 0 amide bonds. The number of fused-ring (bicyclic) bond motifs is 2. The van der Waals surface area contributed by atoms with Crippen LogP contribution in [0.25, 0.3) is 16.9 Å². The minimum absolute atomic E-state index is 0.118. The molecule has 16 heteroatoms. The van der Waals surface area contributed by atoms with E-state index in [0.717, 1.165) is 45.4 Å². The van der Waals surface area contributed by atoms with E-state index in [4.69, 9.17) is 11.6 Å². The van der Waals surface area contributed by atoms with E-state index in [2.05, 4.69) is 74.0 Å². The number of aliphatic imine (C=N–C) groups is 1. The van der Waals surface area contributed by atoms with Crippen molar-refractivity contribution >= 4 is 60.6 Å². The minimum atomic E-state index is -4.51. The maximum Gasteiger partial charge on any atom is 0.433 e. The van der Waals surface area contributed by atoms with Crippen LogP contribution in [0.3, 0.4) is 0 Å². The summed E-state index contributed by atoms with van der Waals surface area (Å²) in [6.07, 6.45) is -3.48. The average Bonchev–Trinajstić information content (AvgIpc) is 3.55. The number of halogens is 9. The number of benzene rings is 2. The number of hydrogen-bond acceptors (Lipinski definition) is 6. The molecule has 0 radical (unpaired) electrons. The smallest absolute Gasteiger partial charge is 0.288 e. The fourth-order valence-corrected chi connectivity index (χ4v) is 4.24. The quantitative estimate of drug-likeness (QED) is 0.129. The highest BCUT2D eigenvalue weighted by molar-refractivity contribution is 9.10. The van der Waals surface area contributed by atoms with Gasteiger partial charge in [0.05, 0.1) is 18.3 Å². The highest BCUT2D eigenvalue weighted by Crippen LogP contribution is 2.29. The first kappa shape index (κ1) is 30.5. The predicted octanol–water partition coefficient (Wildman–Crippen LogP) is 8.13. The van der Waals surface area contributed by atoms with Gasteiger partial charge in [-0.2, -0.15) is 36.1 Å². The Hall–Kier alpha value is -3.43. The summed E-state index contributed by atoms with van der Waals surface area (Å²) < 4.78 is 76.6. The zero-order valence-electron chi connectivity index (χ0n) is 20.2. The Labute approximate surface area is 249 Å². The Morgan fingerprint density at radius 3 is 2.07 bits per heavy atom. The maximum absolute atomic E-state index is 12.7. The van der Waals surface area contributed by atoms with Gasteiger partial charge in [-0.3, -0.25) is 4.99 Å². The van der Waals surface area contributed by atoms with E-state index < -0.39 is 29.0 Å². The molecule has 1 aliphatic heterocycles. The molecule has 0 spiro atoms. The monoisotopic (exact) mass is 719 g/mol. The van der Waals surface area contributed by atoms with Gasteiger partial charge >= 0.3 is 12.4 Å². The van der Waals surface area contributed by atoms with Crippen LogP contribution in [0.4, 0.5) is 26.3 Å². The second-order valence-electron chi connectivity index (χ2n) is 8.02. The summed E-state index contributed by atoms with van der Waals surface area (Å²) in [6, 6.07) is 13.2. The number of hydrogen-bond donors (Lipinski definition) is 0. The molecular weight excluding hydrogens is 708 g/mol. The highest BCUT2D eigenvalue weighted by Gasteiger charge is 2.33. The second kappa shape index (κ2) is 12.6. The molecule has 0 fully saturated rings. The molecule has 3 aromatic heterocycles. The molecule has 41 heavy (non-hydrogen) atoms. The average molecular weight is 722 g/mol. The molecule has 0 atom stereocenters. The van der Waals surface area contributed by atoms with Crippen molar-refractivity contribution in [3.05, 3.63) is 104 Å². The van der Waals surface area contributed by atoms with Crippen LogP contribution in [-0.2, 0) is 18.9 Å². The van der Waals surface area contributed by atoms with Gasteiger partial charge in [0.15, 0.2) is 0 Å². The number of nitrogens with zero attached hydrogens (tertiary/aromatic N) is 7. The molecule has 0 N–H and O–H groups in total. The lowest BCUT2D eigenvalue weighted by Gasteiger charge is -2.07. The molecule has 6 rings (SSSR count). The van der Waals surface area contributed by atoms with Crippen LogP contribution in [0.2, 0.25) is 5.28 Å². The Kier molecular flexibility index (Phi) is 9.39. The summed E-state index contributed by atoms with van der Waals surface area (Å²) in [4.78, 5) is 17.8. The largest absolute Gasteiger partial charge is 0.433 e. The Morgan fingerprint density at radius 2 is 1.41 bits per heavy atom. The second-order valence-corrected chi connectivity index (χ2v) is 10.2. The molecule has 0 unspecified atom stereocenters. The first-order chi connectivity index (χ1) is 19.3. The number of alkyl halides is 6. The van der Waals surface area contributed by atoms with E-state index >= 15 is 0 Å². The Bertz CT molecular complexity index is 1710. The van der Waals surface area contributed by atoms with Crippen molar-refractivity contribution in [2.45, 2.75) is 18.9 Å². The van der Waals surface area contributed by atoms with Gasteiger partial charge < -0.3 is 0 Å². The fraction of sp³-hybridized carbons (Fsp3) is 0.120. The molecule has 0 aliphatic carbocycles. The van der Waals surface area contributed by atoms with E-state index in [9.17, 15) is 26.3 Å². The van der Waals surface area contributed by atoms with Gasteiger partial charge in [0.2, 0.25) is 5.28 Å². The Morgan fingerprint density at radius 1 is 0.780 bits per heavy atom. The van der Waals surface area contributed by atoms with E-state index in [1.165, 1.54) is 15.8 Å². The third kappa shape index (κ3) is 8.07. The normalized spacial score (nSPS) is 12.3. The number of rotatable bonds is 1. The van der Waals surface area contributed by atoms with E-state index in [0.29, 0.717) is 5.52 Å². The molecule has 4 heterocycles. The summed E-state index contributed by atoms with van der Waals surface area (Å²) in [6.45, 7) is 0.842. The van der Waals surface area contributed by atoms with Gasteiger partial charge in [0.25, 0.3) is 5.95 Å². The van der Waals surface area contributed by atoms with E-state index in [-0.39, 0.29) is 5.95 Å². The minimum Gasteiger partial charge on any atom is -0.288 e. The van der Waals surface area contributed by atoms with Crippen LogP contribution >= 0.6 is 43.5 Å². The predicted molar refractivity (Wildman–Crippen MR) is 147 cm³/mol. The highest BCUT2D eigenvalue weighted by atomic mass is 79.9. The SMILES string of the molecule is Brc1ccc2c(c1)CN=C2.FC(F)(F)c1ccnc(-n2ncc3ccc(Br)cc32)n1.FC(F)(F)c1ccnc(Cl)n1. The lowest BCUT2D eigenvalue weighted by atomic mass is 10.1. The fourth-order valence-electron chi connectivity index (χ4n) is 3.33. The first-order valence-corrected chi connectivity index (χ1v) is 13.2. The van der Waals surface area contributed by atoms with Crippen molar-refractivity contribution in [1.29, 1.82) is 0 Å². The Balaban J connectivity index is 0.000000156. The van der Waals surface area contributed by atoms with Crippen molar-refractivity contribution in [3.63, 3.8) is 0 Å². The van der Waals surface area contributed by atoms with Crippen LogP contribution in [-0.4, -0.2) is 35.9 Å². The van der Waals surface area contributed by atoms with Crippen molar-refractivity contribution in [3.8, 4) is 5.95 Å². The van der Waals surface area contributed by atoms with Crippen LogP contribution < -0.4 is 0 Å². The first-order valence-electron chi connectivity index (χ1n) is 11.2. The molecule has 2 aromatic carbocycles. The van der Waals surface area contributed by atoms with Gasteiger partial charge in [0, 0.05) is 32.9 Å². The van der Waals surface area contributed by atoms with Gasteiger partial charge in [-0.15, -0.1) is 0 Å². The third-order valence-corrected chi connectivity index (χ3v) is 6.34. The molecule has 0 saturated carbocycles. The summed E-state index contributed by atoms with van der Waals surface area (Å²) in [5, 5.41) is 4.42. The molecule has 5 aromatic rings. The van der Waals surface area contributed by atoms with Gasteiger partial charge in [-0.25, -0.2) is 19.9 Å². The maximum atomic E-state index is 12.7. The van der Waals surface area contributed by atoms with Gasteiger partial charge in [-0.05, 0) is 59.1 Å². The van der Waals surface area contributed by atoms with Crippen molar-refractivity contribution in [1.82, 2.24) is 29.7 Å². The van der Waals surface area contributed by atoms with E-state index in [1.807, 2.05) is 18.3 Å². The standard InChI is InChI=1S/C12H6BrF3N4.C8H6BrN.C5H2ClF3N2/c13-8-2-1-7-6-18-20(9(7)5-8)11-17-4-3-10(19-11)12(14,15)16;9-8-2-1-6-4-10-5-7(6)3-8;6-4-10-2-1-3(11-4)5(7,8)9/h1-6H;1-4H,5H2;1-2H. The molecule has 0 saturated heterocycles. The van der Waals surface area contributed by atoms with Crippen molar-refractivity contribution < 1.29 is 26.3 Å². The van der Waals surface area contributed by atoms with Crippen molar-refractivity contribution in [2.24, 2.45) is 4.99 Å². The van der Waals surface area contributed by atoms with Gasteiger partial charge in [0.1, 0.15) is 11.4 Å². The van der Waals surface area contributed by atoms with Gasteiger partial charge in [-0.1, -0.05) is 44.0 Å². The molecule has 1 aliphatic rings. The molecular formula is C25H14Br2ClF6N7. The zero-order chi connectivity index (χ0) is 29.8. The topological polar surface area (TPSA) is 81.7 Å². The lowest BCUT2D eigenvalue weighted by Crippen LogP contribution is -2.12. The van der Waals surface area contributed by atoms with Crippen LogP contribution in [0.15, 0.2) is 81.1 Å². The summed E-state index contributed by atoms with van der Waals surface area (Å²) >= 11 is 11.8. The molecule has 0 bridgehead atoms. The zero-order valence-corrected chi connectivity index (χ0v) is 24.1. The van der Waals surface area contributed by atoms with E-state index in [1.54, 1.807) is 18.3 Å². The van der Waals surface area contributed by atoms with Crippen LogP contribution in [0.1, 0.15) is 22.5 Å². The number of aromatic nitrogens is 6. The molecule has 7 nitrogen and oxygen atoms in total. The summed E-state index contributed by atoms with van der Waals surface area (Å²) in [7, 11) is 0. The summed E-state index contributed by atoms with van der Waals surface area (Å²) in [5.74, 6) is -0.118. The van der Waals surface area contributed by atoms with Crippen LogP contribution in [0, 0.1) is 0 Å². The van der Waals surface area contributed by atoms with Crippen LogP contribution in [0.5, 0.6) is 0 Å². The lowest BCUT2D eigenvalue weighted by molar-refractivity contribution is -0.142.